The highest BCUT2D eigenvalue weighted by molar-refractivity contribution is 5.92. The lowest BCUT2D eigenvalue weighted by Gasteiger charge is -2.20. The third kappa shape index (κ3) is 2.64. The van der Waals surface area contributed by atoms with Crippen molar-refractivity contribution in [1.29, 1.82) is 0 Å². The highest BCUT2D eigenvalue weighted by Crippen LogP contribution is 2.29. The van der Waals surface area contributed by atoms with Crippen molar-refractivity contribution >= 4 is 11.7 Å². The molecule has 0 unspecified atom stereocenters. The molecule has 1 N–H and O–H groups in total. The Morgan fingerprint density at radius 3 is 3.00 bits per heavy atom. The fourth-order valence-corrected chi connectivity index (χ4v) is 3.62. The maximum Gasteiger partial charge on any atom is 0.272 e. The molecule has 7 nitrogen and oxygen atoms in total. The van der Waals surface area contributed by atoms with Crippen LogP contribution in [-0.2, 0) is 19.9 Å². The molecule has 1 saturated heterocycles. The van der Waals surface area contributed by atoms with Gasteiger partial charge < -0.3 is 10.2 Å². The van der Waals surface area contributed by atoms with Crippen molar-refractivity contribution in [3.8, 4) is 0 Å². The molecule has 4 rings (SSSR count). The van der Waals surface area contributed by atoms with E-state index in [-0.39, 0.29) is 11.9 Å². The monoisotopic (exact) mass is 326 g/mol. The highest BCUT2D eigenvalue weighted by Gasteiger charge is 2.29. The van der Waals surface area contributed by atoms with Crippen LogP contribution in [0.15, 0.2) is 12.4 Å². The lowest BCUT2D eigenvalue weighted by molar-refractivity contribution is 0.0934. The average molecular weight is 326 g/mol. The largest absolute Gasteiger partial charge is 0.354 e. The number of hydrogen-bond acceptors (Lipinski definition) is 5. The van der Waals surface area contributed by atoms with Crippen LogP contribution in [0.4, 0.5) is 5.82 Å². The van der Waals surface area contributed by atoms with Gasteiger partial charge in [0.1, 0.15) is 17.8 Å². The number of carbonyl (C=O) groups is 1. The first kappa shape index (κ1) is 15.1. The van der Waals surface area contributed by atoms with Crippen LogP contribution in [0.1, 0.15) is 40.3 Å². The maximum atomic E-state index is 12.4. The van der Waals surface area contributed by atoms with Crippen molar-refractivity contribution in [2.45, 2.75) is 38.6 Å². The van der Waals surface area contributed by atoms with Gasteiger partial charge in [-0.3, -0.25) is 9.48 Å². The van der Waals surface area contributed by atoms with Gasteiger partial charge in [0.05, 0.1) is 0 Å². The van der Waals surface area contributed by atoms with E-state index in [0.717, 1.165) is 50.3 Å². The summed E-state index contributed by atoms with van der Waals surface area (Å²) in [7, 11) is 1.85. The second-order valence-corrected chi connectivity index (χ2v) is 6.68. The van der Waals surface area contributed by atoms with Crippen LogP contribution in [0.3, 0.4) is 0 Å². The molecule has 0 spiro atoms. The number of nitrogens with zero attached hydrogens (tertiary/aromatic N) is 5. The minimum atomic E-state index is -0.0986. The van der Waals surface area contributed by atoms with Crippen LogP contribution in [-0.4, -0.2) is 44.8 Å². The summed E-state index contributed by atoms with van der Waals surface area (Å²) in [6.07, 6.45) is 5.87. The molecule has 1 fully saturated rings. The number of anilines is 1. The van der Waals surface area contributed by atoms with E-state index in [1.165, 1.54) is 11.3 Å². The Kier molecular flexibility index (Phi) is 3.70. The summed E-state index contributed by atoms with van der Waals surface area (Å²) in [4.78, 5) is 23.5. The summed E-state index contributed by atoms with van der Waals surface area (Å²) < 4.78 is 1.72. The van der Waals surface area contributed by atoms with Gasteiger partial charge in [-0.25, -0.2) is 9.97 Å². The fourth-order valence-electron chi connectivity index (χ4n) is 3.62. The lowest BCUT2D eigenvalue weighted by Crippen LogP contribution is -2.37. The number of carbonyl (C=O) groups excluding carboxylic acids is 1. The molecule has 0 radical (unpaired) electrons. The summed E-state index contributed by atoms with van der Waals surface area (Å²) in [6, 6.07) is 1.95. The molecule has 1 aliphatic heterocycles. The second kappa shape index (κ2) is 5.89. The van der Waals surface area contributed by atoms with E-state index in [2.05, 4.69) is 25.3 Å². The van der Waals surface area contributed by atoms with E-state index in [4.69, 9.17) is 0 Å². The molecular formula is C17H22N6O. The van der Waals surface area contributed by atoms with Gasteiger partial charge >= 0.3 is 0 Å². The summed E-state index contributed by atoms with van der Waals surface area (Å²) in [6.45, 7) is 3.65. The summed E-state index contributed by atoms with van der Waals surface area (Å²) >= 11 is 0. The first-order chi connectivity index (χ1) is 11.6. The number of hydrogen-bond donors (Lipinski definition) is 1. The first-order valence-corrected chi connectivity index (χ1v) is 8.51. The Labute approximate surface area is 141 Å². The smallest absolute Gasteiger partial charge is 0.272 e. The van der Waals surface area contributed by atoms with Gasteiger partial charge in [-0.15, -0.1) is 0 Å². The van der Waals surface area contributed by atoms with Gasteiger partial charge in [-0.1, -0.05) is 0 Å². The Balaban J connectivity index is 1.44. The number of fused-ring (bicyclic) bond motifs is 1. The molecule has 0 saturated carbocycles. The molecule has 126 valence electrons. The minimum Gasteiger partial charge on any atom is -0.354 e. The van der Waals surface area contributed by atoms with Crippen LogP contribution in [0.5, 0.6) is 0 Å². The van der Waals surface area contributed by atoms with E-state index in [9.17, 15) is 4.79 Å². The molecule has 0 aromatic carbocycles. The van der Waals surface area contributed by atoms with Gasteiger partial charge in [-0.05, 0) is 38.7 Å². The van der Waals surface area contributed by atoms with Crippen molar-refractivity contribution in [2.75, 3.05) is 18.0 Å². The van der Waals surface area contributed by atoms with E-state index in [1.807, 2.05) is 20.0 Å². The first-order valence-electron chi connectivity index (χ1n) is 8.51. The van der Waals surface area contributed by atoms with Crippen LogP contribution in [0, 0.1) is 6.92 Å². The highest BCUT2D eigenvalue weighted by atomic mass is 16.2. The van der Waals surface area contributed by atoms with Crippen molar-refractivity contribution < 1.29 is 4.79 Å². The predicted molar refractivity (Wildman–Crippen MR) is 90.1 cm³/mol. The molecular weight excluding hydrogens is 304 g/mol. The van der Waals surface area contributed by atoms with Crippen LogP contribution in [0.2, 0.25) is 0 Å². The minimum absolute atomic E-state index is 0.0986. The molecule has 3 heterocycles. The predicted octanol–water partition coefficient (Wildman–Crippen LogP) is 1.02. The van der Waals surface area contributed by atoms with Gasteiger partial charge in [0.25, 0.3) is 5.91 Å². The van der Waals surface area contributed by atoms with Gasteiger partial charge in [0.2, 0.25) is 0 Å². The Bertz CT molecular complexity index is 764. The standard InChI is InChI=1S/C17H22N6O/c1-11-8-15(21-22(11)2)17(24)20-12-6-7-23(9-12)16-13-4-3-5-14(13)18-10-19-16/h8,10,12H,3-7,9H2,1-2H3,(H,20,24)/t12-/m1/s1. The zero-order valence-electron chi connectivity index (χ0n) is 14.1. The number of rotatable bonds is 3. The van der Waals surface area contributed by atoms with Gasteiger partial charge in [-0.2, -0.15) is 5.10 Å². The average Bonchev–Trinajstić information content (AvgIpc) is 3.28. The van der Waals surface area contributed by atoms with Crippen molar-refractivity contribution in [2.24, 2.45) is 7.05 Å². The summed E-state index contributed by atoms with van der Waals surface area (Å²) in [5.41, 5.74) is 3.95. The van der Waals surface area contributed by atoms with E-state index >= 15 is 0 Å². The third-order valence-corrected chi connectivity index (χ3v) is 5.02. The zero-order valence-corrected chi connectivity index (χ0v) is 14.1. The number of amides is 1. The van der Waals surface area contributed by atoms with Gasteiger partial charge in [0.15, 0.2) is 0 Å². The van der Waals surface area contributed by atoms with Crippen LogP contribution < -0.4 is 10.2 Å². The van der Waals surface area contributed by atoms with E-state index in [1.54, 1.807) is 11.0 Å². The van der Waals surface area contributed by atoms with Crippen molar-refractivity contribution in [3.05, 3.63) is 35.0 Å². The second-order valence-electron chi connectivity index (χ2n) is 6.68. The number of nitrogens with one attached hydrogen (secondary N) is 1. The molecule has 2 aromatic rings. The van der Waals surface area contributed by atoms with Crippen LogP contribution >= 0.6 is 0 Å². The van der Waals surface area contributed by atoms with Crippen molar-refractivity contribution in [1.82, 2.24) is 25.1 Å². The fraction of sp³-hybridized carbons (Fsp3) is 0.529. The van der Waals surface area contributed by atoms with Crippen molar-refractivity contribution in [3.63, 3.8) is 0 Å². The maximum absolute atomic E-state index is 12.4. The Morgan fingerprint density at radius 1 is 1.33 bits per heavy atom. The molecule has 1 atom stereocenters. The summed E-state index contributed by atoms with van der Waals surface area (Å²) in [5, 5.41) is 7.35. The Morgan fingerprint density at radius 2 is 2.21 bits per heavy atom. The molecule has 2 aliphatic rings. The van der Waals surface area contributed by atoms with Crippen LogP contribution in [0.25, 0.3) is 0 Å². The van der Waals surface area contributed by atoms with E-state index < -0.39 is 0 Å². The normalized spacial score (nSPS) is 19.6. The Hall–Kier alpha value is -2.44. The zero-order chi connectivity index (χ0) is 16.7. The molecule has 7 heteroatoms. The quantitative estimate of drug-likeness (QED) is 0.911. The lowest BCUT2D eigenvalue weighted by atomic mass is 10.2. The number of aryl methyl sites for hydroxylation is 3. The van der Waals surface area contributed by atoms with Gasteiger partial charge in [0, 0.05) is 43.1 Å². The topological polar surface area (TPSA) is 75.9 Å². The molecule has 0 bridgehead atoms. The number of aromatic nitrogens is 4. The molecule has 2 aromatic heterocycles. The van der Waals surface area contributed by atoms with E-state index in [0.29, 0.717) is 5.69 Å². The summed E-state index contributed by atoms with van der Waals surface area (Å²) in [5.74, 6) is 0.960. The molecule has 1 aliphatic carbocycles. The molecule has 1 amide bonds. The SMILES string of the molecule is Cc1cc(C(=O)N[C@@H]2CCN(c3ncnc4c3CCC4)C2)nn1C. The third-order valence-electron chi connectivity index (χ3n) is 5.02. The molecule has 24 heavy (non-hydrogen) atoms.